The minimum Gasteiger partial charge on any atom is -0.478 e. The molecule has 1 N–H and O–H groups in total. The topological polar surface area (TPSA) is 46.5 Å². The van der Waals surface area contributed by atoms with Crippen molar-refractivity contribution in [1.29, 1.82) is 0 Å². The van der Waals surface area contributed by atoms with Crippen molar-refractivity contribution in [2.24, 2.45) is 0 Å². The molecule has 2 rings (SSSR count). The molecule has 0 atom stereocenters. The monoisotopic (exact) mass is 296 g/mol. The maximum atomic E-state index is 12.6. The maximum absolute atomic E-state index is 12.6. The molecule has 2 aromatic rings. The second-order valence-corrected chi connectivity index (χ2v) is 4.41. The van der Waals surface area contributed by atoms with Crippen molar-refractivity contribution in [3.05, 3.63) is 59.2 Å². The first-order valence-corrected chi connectivity index (χ1v) is 5.96. The van der Waals surface area contributed by atoms with E-state index >= 15 is 0 Å². The zero-order valence-corrected chi connectivity index (χ0v) is 10.9. The van der Waals surface area contributed by atoms with Gasteiger partial charge in [0.25, 0.3) is 0 Å². The number of alkyl halides is 3. The van der Waals surface area contributed by atoms with Crippen molar-refractivity contribution in [3.63, 3.8) is 0 Å². The van der Waals surface area contributed by atoms with Crippen LogP contribution in [0.5, 0.6) is 11.5 Å². The number of aromatic carboxylic acids is 1. The summed E-state index contributed by atoms with van der Waals surface area (Å²) in [5.41, 5.74) is -0.225. The Labute approximate surface area is 118 Å². The number of hydrogen-bond donors (Lipinski definition) is 1. The third-order valence-corrected chi connectivity index (χ3v) is 2.83. The second-order valence-electron chi connectivity index (χ2n) is 4.41. The van der Waals surface area contributed by atoms with Crippen molar-refractivity contribution >= 4 is 5.97 Å². The van der Waals surface area contributed by atoms with Gasteiger partial charge in [-0.2, -0.15) is 13.2 Å². The van der Waals surface area contributed by atoms with Gasteiger partial charge in [0.2, 0.25) is 0 Å². The van der Waals surface area contributed by atoms with E-state index in [-0.39, 0.29) is 17.1 Å². The van der Waals surface area contributed by atoms with Gasteiger partial charge < -0.3 is 9.84 Å². The quantitative estimate of drug-likeness (QED) is 0.906. The summed E-state index contributed by atoms with van der Waals surface area (Å²) >= 11 is 0. The fraction of sp³-hybridized carbons (Fsp3) is 0.133. The Kier molecular flexibility index (Phi) is 3.88. The summed E-state index contributed by atoms with van der Waals surface area (Å²) in [7, 11) is 0. The van der Waals surface area contributed by atoms with Crippen LogP contribution >= 0.6 is 0 Å². The summed E-state index contributed by atoms with van der Waals surface area (Å²) in [6, 6.07) is 8.69. The Morgan fingerprint density at radius 1 is 1.10 bits per heavy atom. The average Bonchev–Trinajstić information content (AvgIpc) is 2.37. The van der Waals surface area contributed by atoms with Crippen molar-refractivity contribution in [1.82, 2.24) is 0 Å². The highest BCUT2D eigenvalue weighted by atomic mass is 19.4. The van der Waals surface area contributed by atoms with E-state index in [0.29, 0.717) is 5.56 Å². The van der Waals surface area contributed by atoms with Crippen molar-refractivity contribution in [2.45, 2.75) is 13.1 Å². The minimum absolute atomic E-state index is 0.0345. The zero-order valence-electron chi connectivity index (χ0n) is 10.9. The first-order valence-electron chi connectivity index (χ1n) is 5.96. The molecule has 0 aliphatic heterocycles. The minimum atomic E-state index is -4.44. The number of carboxylic acid groups (broad SMARTS) is 1. The number of benzene rings is 2. The van der Waals surface area contributed by atoms with Crippen molar-refractivity contribution in [2.75, 3.05) is 0 Å². The van der Waals surface area contributed by atoms with Gasteiger partial charge in [-0.15, -0.1) is 0 Å². The SMILES string of the molecule is Cc1cc(Oc2cccc(C(F)(F)F)c2)ccc1C(=O)O. The van der Waals surface area contributed by atoms with Crippen LogP contribution in [0.15, 0.2) is 42.5 Å². The molecule has 0 saturated carbocycles. The fourth-order valence-electron chi connectivity index (χ4n) is 1.81. The largest absolute Gasteiger partial charge is 0.478 e. The first kappa shape index (κ1) is 14.9. The molecule has 6 heteroatoms. The summed E-state index contributed by atoms with van der Waals surface area (Å²) in [4.78, 5) is 10.9. The van der Waals surface area contributed by atoms with Gasteiger partial charge in [0.05, 0.1) is 11.1 Å². The van der Waals surface area contributed by atoms with Crippen molar-refractivity contribution < 1.29 is 27.8 Å². The van der Waals surface area contributed by atoms with Crippen LogP contribution in [0.25, 0.3) is 0 Å². The molecule has 0 saturated heterocycles. The van der Waals surface area contributed by atoms with Gasteiger partial charge in [0.15, 0.2) is 0 Å². The molecule has 0 radical (unpaired) electrons. The summed E-state index contributed by atoms with van der Waals surface area (Å²) in [5.74, 6) is -0.762. The van der Waals surface area contributed by atoms with E-state index in [1.807, 2.05) is 0 Å². The highest BCUT2D eigenvalue weighted by Gasteiger charge is 2.30. The number of carboxylic acids is 1. The van der Waals surface area contributed by atoms with Gasteiger partial charge in [-0.25, -0.2) is 4.79 Å². The molecule has 3 nitrogen and oxygen atoms in total. The number of ether oxygens (including phenoxy) is 1. The standard InChI is InChI=1S/C15H11F3O3/c1-9-7-12(5-6-13(9)14(19)20)21-11-4-2-3-10(8-11)15(16,17)18/h2-8H,1H3,(H,19,20). The van der Waals surface area contributed by atoms with Gasteiger partial charge >= 0.3 is 12.1 Å². The van der Waals surface area contributed by atoms with Crippen LogP contribution in [-0.4, -0.2) is 11.1 Å². The van der Waals surface area contributed by atoms with E-state index < -0.39 is 17.7 Å². The number of aryl methyl sites for hydroxylation is 1. The lowest BCUT2D eigenvalue weighted by Crippen LogP contribution is -2.04. The Morgan fingerprint density at radius 2 is 1.76 bits per heavy atom. The Bertz CT molecular complexity index is 678. The number of rotatable bonds is 3. The Balaban J connectivity index is 2.27. The van der Waals surface area contributed by atoms with Crippen LogP contribution in [-0.2, 0) is 6.18 Å². The first-order chi connectivity index (χ1) is 9.77. The molecule has 0 amide bonds. The summed E-state index contributed by atoms with van der Waals surface area (Å²) in [6.07, 6.45) is -4.44. The fourth-order valence-corrected chi connectivity index (χ4v) is 1.81. The maximum Gasteiger partial charge on any atom is 0.416 e. The second kappa shape index (κ2) is 5.47. The lowest BCUT2D eigenvalue weighted by atomic mass is 10.1. The number of halogens is 3. The molecule has 21 heavy (non-hydrogen) atoms. The number of carbonyl (C=O) groups is 1. The normalized spacial score (nSPS) is 11.2. The van der Waals surface area contributed by atoms with Crippen LogP contribution < -0.4 is 4.74 Å². The number of hydrogen-bond acceptors (Lipinski definition) is 2. The summed E-state index contributed by atoms with van der Waals surface area (Å²) in [6.45, 7) is 1.59. The van der Waals surface area contributed by atoms with Gasteiger partial charge in [-0.3, -0.25) is 0 Å². The van der Waals surface area contributed by atoms with Crippen LogP contribution in [0.2, 0.25) is 0 Å². The highest BCUT2D eigenvalue weighted by Crippen LogP contribution is 2.33. The molecule has 0 aliphatic carbocycles. The molecule has 0 fully saturated rings. The summed E-state index contributed by atoms with van der Waals surface area (Å²) < 4.78 is 43.1. The molecular weight excluding hydrogens is 285 g/mol. The summed E-state index contributed by atoms with van der Waals surface area (Å²) in [5, 5.41) is 8.91. The highest BCUT2D eigenvalue weighted by molar-refractivity contribution is 5.89. The average molecular weight is 296 g/mol. The van der Waals surface area contributed by atoms with E-state index in [0.717, 1.165) is 12.1 Å². The molecular formula is C15H11F3O3. The van der Waals surface area contributed by atoms with Crippen LogP contribution in [0.3, 0.4) is 0 Å². The zero-order chi connectivity index (χ0) is 15.6. The van der Waals surface area contributed by atoms with Crippen LogP contribution in [0, 0.1) is 6.92 Å². The molecule has 2 aromatic carbocycles. The van der Waals surface area contributed by atoms with Crippen LogP contribution in [0.1, 0.15) is 21.5 Å². The van der Waals surface area contributed by atoms with Gasteiger partial charge in [0, 0.05) is 0 Å². The smallest absolute Gasteiger partial charge is 0.416 e. The van der Waals surface area contributed by atoms with E-state index in [9.17, 15) is 18.0 Å². The van der Waals surface area contributed by atoms with Crippen molar-refractivity contribution in [3.8, 4) is 11.5 Å². The van der Waals surface area contributed by atoms with E-state index in [2.05, 4.69) is 0 Å². The lowest BCUT2D eigenvalue weighted by molar-refractivity contribution is -0.137. The van der Waals surface area contributed by atoms with E-state index in [4.69, 9.17) is 9.84 Å². The molecule has 0 heterocycles. The Morgan fingerprint density at radius 3 is 2.33 bits per heavy atom. The van der Waals surface area contributed by atoms with Crippen LogP contribution in [0.4, 0.5) is 13.2 Å². The predicted octanol–water partition coefficient (Wildman–Crippen LogP) is 4.50. The van der Waals surface area contributed by atoms with Gasteiger partial charge in [-0.05, 0) is 48.9 Å². The lowest BCUT2D eigenvalue weighted by Gasteiger charge is -2.11. The third-order valence-electron chi connectivity index (χ3n) is 2.83. The van der Waals surface area contributed by atoms with Gasteiger partial charge in [0.1, 0.15) is 11.5 Å². The molecule has 0 spiro atoms. The third kappa shape index (κ3) is 3.53. The van der Waals surface area contributed by atoms with E-state index in [1.54, 1.807) is 6.92 Å². The predicted molar refractivity (Wildman–Crippen MR) is 69.7 cm³/mol. The molecule has 0 unspecified atom stereocenters. The molecule has 110 valence electrons. The van der Waals surface area contributed by atoms with Gasteiger partial charge in [-0.1, -0.05) is 6.07 Å². The van der Waals surface area contributed by atoms with E-state index in [1.165, 1.54) is 30.3 Å². The Hall–Kier alpha value is -2.50. The molecule has 0 bridgehead atoms. The molecule has 0 aliphatic rings. The molecule has 0 aromatic heterocycles.